The first-order chi connectivity index (χ1) is 8.15. The fourth-order valence-electron chi connectivity index (χ4n) is 2.46. The highest BCUT2D eigenvalue weighted by molar-refractivity contribution is 5.74. The third kappa shape index (κ3) is 3.57. The number of urea groups is 1. The third-order valence-electron chi connectivity index (χ3n) is 3.21. The number of hydrogen-bond donors (Lipinski definition) is 1. The molecule has 0 unspecified atom stereocenters. The zero-order valence-electron chi connectivity index (χ0n) is 10.6. The quantitative estimate of drug-likeness (QED) is 0.785. The standard InChI is InChI=1S/C12H22N2O3/c1-9-7-14(8-10(2)17-9)12(15)13-6-11-4-3-5-16-11/h9-11H,3-8H2,1-2H3,(H,13,15)/t9-,10+,11-/m0/s1. The molecule has 0 aliphatic carbocycles. The lowest BCUT2D eigenvalue weighted by atomic mass is 10.2. The van der Waals surface area contributed by atoms with E-state index in [9.17, 15) is 4.79 Å². The smallest absolute Gasteiger partial charge is 0.317 e. The molecule has 17 heavy (non-hydrogen) atoms. The van der Waals surface area contributed by atoms with Crippen molar-refractivity contribution in [1.82, 2.24) is 10.2 Å². The number of morpholine rings is 1. The number of carbonyl (C=O) groups is 1. The SMILES string of the molecule is C[C@@H]1CN(C(=O)NC[C@@H]2CCCO2)C[C@H](C)O1. The molecule has 1 N–H and O–H groups in total. The molecule has 0 aromatic carbocycles. The Morgan fingerprint density at radius 3 is 2.65 bits per heavy atom. The molecule has 2 heterocycles. The van der Waals surface area contributed by atoms with Gasteiger partial charge in [0.05, 0.1) is 18.3 Å². The Labute approximate surface area is 102 Å². The van der Waals surface area contributed by atoms with Crippen LogP contribution < -0.4 is 5.32 Å². The highest BCUT2D eigenvalue weighted by Gasteiger charge is 2.26. The first-order valence-corrected chi connectivity index (χ1v) is 6.45. The van der Waals surface area contributed by atoms with E-state index in [2.05, 4.69) is 5.32 Å². The molecule has 0 aromatic rings. The van der Waals surface area contributed by atoms with Gasteiger partial charge in [0.25, 0.3) is 0 Å². The lowest BCUT2D eigenvalue weighted by Gasteiger charge is -2.35. The monoisotopic (exact) mass is 242 g/mol. The molecule has 2 aliphatic rings. The molecule has 0 aromatic heterocycles. The number of rotatable bonds is 2. The zero-order valence-corrected chi connectivity index (χ0v) is 10.6. The summed E-state index contributed by atoms with van der Waals surface area (Å²) >= 11 is 0. The Bertz CT molecular complexity index is 256. The second-order valence-electron chi connectivity index (χ2n) is 4.98. The van der Waals surface area contributed by atoms with Crippen molar-refractivity contribution in [3.05, 3.63) is 0 Å². The van der Waals surface area contributed by atoms with Crippen LogP contribution >= 0.6 is 0 Å². The summed E-state index contributed by atoms with van der Waals surface area (Å²) in [5.41, 5.74) is 0. The first-order valence-electron chi connectivity index (χ1n) is 6.45. The van der Waals surface area contributed by atoms with Crippen molar-refractivity contribution >= 4 is 6.03 Å². The molecule has 3 atom stereocenters. The molecule has 2 amide bonds. The van der Waals surface area contributed by atoms with Crippen LogP contribution in [0.5, 0.6) is 0 Å². The predicted molar refractivity (Wildman–Crippen MR) is 64.0 cm³/mol. The second-order valence-corrected chi connectivity index (χ2v) is 4.98. The van der Waals surface area contributed by atoms with E-state index in [0.29, 0.717) is 19.6 Å². The van der Waals surface area contributed by atoms with Gasteiger partial charge in [-0.05, 0) is 26.7 Å². The number of hydrogen-bond acceptors (Lipinski definition) is 3. The number of carbonyl (C=O) groups excluding carboxylic acids is 1. The zero-order chi connectivity index (χ0) is 12.3. The van der Waals surface area contributed by atoms with Crippen LogP contribution in [-0.2, 0) is 9.47 Å². The van der Waals surface area contributed by atoms with Gasteiger partial charge in [0.2, 0.25) is 0 Å². The molecule has 5 heteroatoms. The van der Waals surface area contributed by atoms with E-state index < -0.39 is 0 Å². The van der Waals surface area contributed by atoms with Gasteiger partial charge < -0.3 is 19.7 Å². The van der Waals surface area contributed by atoms with Crippen LogP contribution in [0.4, 0.5) is 4.79 Å². The van der Waals surface area contributed by atoms with Gasteiger partial charge in [-0.25, -0.2) is 4.79 Å². The van der Waals surface area contributed by atoms with Gasteiger partial charge in [-0.2, -0.15) is 0 Å². The molecule has 2 fully saturated rings. The topological polar surface area (TPSA) is 50.8 Å². The third-order valence-corrected chi connectivity index (χ3v) is 3.21. The predicted octanol–water partition coefficient (Wildman–Crippen LogP) is 0.984. The Morgan fingerprint density at radius 2 is 2.06 bits per heavy atom. The molecule has 0 bridgehead atoms. The Morgan fingerprint density at radius 1 is 1.35 bits per heavy atom. The van der Waals surface area contributed by atoms with Crippen LogP contribution in [0.25, 0.3) is 0 Å². The van der Waals surface area contributed by atoms with Crippen molar-refractivity contribution in [2.45, 2.75) is 45.0 Å². The maximum Gasteiger partial charge on any atom is 0.317 e. The van der Waals surface area contributed by atoms with Crippen molar-refractivity contribution in [2.75, 3.05) is 26.2 Å². The summed E-state index contributed by atoms with van der Waals surface area (Å²) in [4.78, 5) is 13.8. The molecule has 2 saturated heterocycles. The van der Waals surface area contributed by atoms with Crippen molar-refractivity contribution in [2.24, 2.45) is 0 Å². The minimum atomic E-state index is 0.00231. The fraction of sp³-hybridized carbons (Fsp3) is 0.917. The van der Waals surface area contributed by atoms with Gasteiger partial charge in [-0.15, -0.1) is 0 Å². The molecular weight excluding hydrogens is 220 g/mol. The largest absolute Gasteiger partial charge is 0.376 e. The van der Waals surface area contributed by atoms with Crippen LogP contribution in [0, 0.1) is 0 Å². The Hall–Kier alpha value is -0.810. The van der Waals surface area contributed by atoms with Crippen molar-refractivity contribution in [3.63, 3.8) is 0 Å². The molecule has 0 radical (unpaired) electrons. The molecule has 5 nitrogen and oxygen atoms in total. The van der Waals surface area contributed by atoms with Gasteiger partial charge in [0, 0.05) is 26.2 Å². The number of nitrogens with zero attached hydrogens (tertiary/aromatic N) is 1. The molecule has 2 rings (SSSR count). The average Bonchev–Trinajstić information content (AvgIpc) is 2.77. The number of nitrogens with one attached hydrogen (secondary N) is 1. The lowest BCUT2D eigenvalue weighted by Crippen LogP contribution is -2.52. The maximum absolute atomic E-state index is 11.9. The van der Waals surface area contributed by atoms with Crippen LogP contribution in [0.1, 0.15) is 26.7 Å². The molecule has 0 saturated carbocycles. The van der Waals surface area contributed by atoms with E-state index >= 15 is 0 Å². The normalized spacial score (nSPS) is 33.8. The van der Waals surface area contributed by atoms with E-state index in [-0.39, 0.29) is 24.3 Å². The first kappa shape index (κ1) is 12.6. The van der Waals surface area contributed by atoms with E-state index in [1.54, 1.807) is 0 Å². The van der Waals surface area contributed by atoms with E-state index in [4.69, 9.17) is 9.47 Å². The fourth-order valence-corrected chi connectivity index (χ4v) is 2.46. The van der Waals surface area contributed by atoms with Crippen molar-refractivity contribution < 1.29 is 14.3 Å². The minimum absolute atomic E-state index is 0.00231. The highest BCUT2D eigenvalue weighted by Crippen LogP contribution is 2.12. The summed E-state index contributed by atoms with van der Waals surface area (Å²) in [6, 6.07) is 0.00231. The maximum atomic E-state index is 11.9. The summed E-state index contributed by atoms with van der Waals surface area (Å²) in [6.07, 6.45) is 2.59. The van der Waals surface area contributed by atoms with Gasteiger partial charge in [-0.1, -0.05) is 0 Å². The average molecular weight is 242 g/mol. The second kappa shape index (κ2) is 5.69. The summed E-state index contributed by atoms with van der Waals surface area (Å²) in [7, 11) is 0. The minimum Gasteiger partial charge on any atom is -0.376 e. The van der Waals surface area contributed by atoms with Crippen molar-refractivity contribution in [3.8, 4) is 0 Å². The van der Waals surface area contributed by atoms with Crippen LogP contribution in [0.3, 0.4) is 0 Å². The van der Waals surface area contributed by atoms with Crippen molar-refractivity contribution in [1.29, 1.82) is 0 Å². The van der Waals surface area contributed by atoms with Gasteiger partial charge in [0.15, 0.2) is 0 Å². The Kier molecular flexibility index (Phi) is 4.23. The number of amides is 2. The number of ether oxygens (including phenoxy) is 2. The Balaban J connectivity index is 1.74. The van der Waals surface area contributed by atoms with E-state index in [1.807, 2.05) is 18.7 Å². The van der Waals surface area contributed by atoms with Crippen LogP contribution in [0.2, 0.25) is 0 Å². The van der Waals surface area contributed by atoms with Crippen LogP contribution in [-0.4, -0.2) is 55.5 Å². The molecular formula is C12H22N2O3. The van der Waals surface area contributed by atoms with Gasteiger partial charge in [0.1, 0.15) is 0 Å². The van der Waals surface area contributed by atoms with Gasteiger partial charge in [-0.3, -0.25) is 0 Å². The summed E-state index contributed by atoms with van der Waals surface area (Å²) in [6.45, 7) is 6.78. The van der Waals surface area contributed by atoms with E-state index in [1.165, 1.54) is 0 Å². The molecule has 0 spiro atoms. The molecule has 98 valence electrons. The summed E-state index contributed by atoms with van der Waals surface area (Å²) in [5, 5.41) is 2.94. The van der Waals surface area contributed by atoms with E-state index in [0.717, 1.165) is 19.4 Å². The lowest BCUT2D eigenvalue weighted by molar-refractivity contribution is -0.0547. The summed E-state index contributed by atoms with van der Waals surface area (Å²) < 4.78 is 11.1. The highest BCUT2D eigenvalue weighted by atomic mass is 16.5. The molecule has 2 aliphatic heterocycles. The van der Waals surface area contributed by atoms with Gasteiger partial charge >= 0.3 is 6.03 Å². The van der Waals surface area contributed by atoms with Crippen LogP contribution in [0.15, 0.2) is 0 Å². The summed E-state index contributed by atoms with van der Waals surface area (Å²) in [5.74, 6) is 0.